The number of hydrogen-bond donors (Lipinski definition) is 2. The van der Waals surface area contributed by atoms with Crippen molar-refractivity contribution in [2.45, 2.75) is 12.5 Å². The largest absolute Gasteiger partial charge is 0.337 e. The van der Waals surface area contributed by atoms with E-state index in [9.17, 15) is 0 Å². The van der Waals surface area contributed by atoms with Gasteiger partial charge in [-0.2, -0.15) is 0 Å². The second-order valence-electron chi connectivity index (χ2n) is 3.25. The number of aryl methyl sites for hydroxylation is 1. The Morgan fingerprint density at radius 2 is 2.40 bits per heavy atom. The van der Waals surface area contributed by atoms with E-state index in [-0.39, 0.29) is 6.04 Å². The molecule has 0 fully saturated rings. The first-order valence-electron chi connectivity index (χ1n) is 4.63. The molecule has 6 heteroatoms. The Bertz CT molecular complexity index is 408. The van der Waals surface area contributed by atoms with Crippen LogP contribution in [0.3, 0.4) is 0 Å². The first kappa shape index (κ1) is 10.3. The molecule has 2 aromatic rings. The van der Waals surface area contributed by atoms with Gasteiger partial charge in [-0.1, -0.05) is 0 Å². The first-order chi connectivity index (χ1) is 7.31. The topological polar surface area (TPSA) is 68.8 Å². The minimum absolute atomic E-state index is 0.0103. The van der Waals surface area contributed by atoms with Crippen LogP contribution < -0.4 is 11.3 Å². The Hall–Kier alpha value is -1.24. The summed E-state index contributed by atoms with van der Waals surface area (Å²) in [7, 11) is 1.95. The molecule has 0 bridgehead atoms. The van der Waals surface area contributed by atoms with Gasteiger partial charge in [0.1, 0.15) is 5.82 Å². The van der Waals surface area contributed by atoms with Crippen molar-refractivity contribution in [3.63, 3.8) is 0 Å². The average molecular weight is 223 g/mol. The molecule has 1 unspecified atom stereocenters. The Kier molecular flexibility index (Phi) is 3.10. The van der Waals surface area contributed by atoms with Crippen molar-refractivity contribution >= 4 is 11.3 Å². The van der Waals surface area contributed by atoms with Crippen LogP contribution in [0.25, 0.3) is 0 Å². The number of nitrogens with one attached hydrogen (secondary N) is 1. The van der Waals surface area contributed by atoms with E-state index in [1.54, 1.807) is 23.7 Å². The minimum atomic E-state index is 0.0103. The molecule has 0 amide bonds. The van der Waals surface area contributed by atoms with Crippen LogP contribution in [-0.2, 0) is 13.5 Å². The number of nitrogens with two attached hydrogens (primary N) is 1. The summed E-state index contributed by atoms with van der Waals surface area (Å²) < 4.78 is 1.96. The zero-order valence-electron chi connectivity index (χ0n) is 8.42. The zero-order chi connectivity index (χ0) is 10.7. The Balaban J connectivity index is 2.15. The number of rotatable bonds is 4. The second kappa shape index (κ2) is 4.52. The molecule has 2 heterocycles. The third-order valence-corrected chi connectivity index (χ3v) is 3.04. The van der Waals surface area contributed by atoms with Crippen LogP contribution in [-0.4, -0.2) is 14.5 Å². The van der Waals surface area contributed by atoms with Gasteiger partial charge in [0.15, 0.2) is 0 Å². The molecule has 0 aliphatic carbocycles. The number of hydrazine groups is 1. The molecule has 0 saturated heterocycles. The molecular weight excluding hydrogens is 210 g/mol. The van der Waals surface area contributed by atoms with E-state index >= 15 is 0 Å². The van der Waals surface area contributed by atoms with Gasteiger partial charge in [0.05, 0.1) is 11.0 Å². The summed E-state index contributed by atoms with van der Waals surface area (Å²) >= 11 is 1.63. The van der Waals surface area contributed by atoms with Crippen molar-refractivity contribution in [3.8, 4) is 0 Å². The highest BCUT2D eigenvalue weighted by Gasteiger charge is 2.15. The molecule has 3 N–H and O–H groups in total. The van der Waals surface area contributed by atoms with Gasteiger partial charge in [-0.15, -0.1) is 11.3 Å². The Morgan fingerprint density at radius 1 is 1.53 bits per heavy atom. The summed E-state index contributed by atoms with van der Waals surface area (Å²) in [4.78, 5) is 8.49. The average Bonchev–Trinajstić information content (AvgIpc) is 2.85. The third kappa shape index (κ3) is 2.23. The van der Waals surface area contributed by atoms with Crippen LogP contribution in [0.4, 0.5) is 0 Å². The third-order valence-electron chi connectivity index (χ3n) is 2.23. The monoisotopic (exact) mass is 223 g/mol. The Morgan fingerprint density at radius 3 is 2.93 bits per heavy atom. The van der Waals surface area contributed by atoms with Crippen molar-refractivity contribution in [1.29, 1.82) is 0 Å². The number of aromatic nitrogens is 3. The van der Waals surface area contributed by atoms with Gasteiger partial charge in [0.25, 0.3) is 0 Å². The number of imidazole rings is 1. The molecule has 5 nitrogen and oxygen atoms in total. The lowest BCUT2D eigenvalue weighted by atomic mass is 10.2. The number of hydrogen-bond acceptors (Lipinski definition) is 5. The van der Waals surface area contributed by atoms with Gasteiger partial charge >= 0.3 is 0 Å². The highest BCUT2D eigenvalue weighted by atomic mass is 32.1. The van der Waals surface area contributed by atoms with Crippen LogP contribution in [0.15, 0.2) is 24.0 Å². The van der Waals surface area contributed by atoms with Crippen LogP contribution >= 0.6 is 11.3 Å². The summed E-state index contributed by atoms with van der Waals surface area (Å²) in [6, 6.07) is 0.0103. The van der Waals surface area contributed by atoms with Crippen LogP contribution in [0, 0.1) is 0 Å². The summed E-state index contributed by atoms with van der Waals surface area (Å²) in [5, 5.41) is 3.02. The molecule has 80 valence electrons. The van der Waals surface area contributed by atoms with Crippen LogP contribution in [0.1, 0.15) is 16.9 Å². The lowest BCUT2D eigenvalue weighted by molar-refractivity contribution is 0.506. The molecule has 0 radical (unpaired) electrons. The maximum atomic E-state index is 5.52. The second-order valence-corrected chi connectivity index (χ2v) is 4.22. The maximum Gasteiger partial charge on any atom is 0.127 e. The molecule has 15 heavy (non-hydrogen) atoms. The highest BCUT2D eigenvalue weighted by Crippen LogP contribution is 2.16. The molecule has 0 spiro atoms. The fourth-order valence-electron chi connectivity index (χ4n) is 1.47. The van der Waals surface area contributed by atoms with Crippen molar-refractivity contribution in [3.05, 3.63) is 34.8 Å². The smallest absolute Gasteiger partial charge is 0.127 e. The molecule has 1 atom stereocenters. The van der Waals surface area contributed by atoms with Gasteiger partial charge in [-0.05, 0) is 0 Å². The van der Waals surface area contributed by atoms with Gasteiger partial charge in [-0.3, -0.25) is 5.84 Å². The minimum Gasteiger partial charge on any atom is -0.337 e. The molecule has 2 rings (SSSR count). The molecule has 0 aromatic carbocycles. The van der Waals surface area contributed by atoms with Crippen LogP contribution in [0.5, 0.6) is 0 Å². The summed E-state index contributed by atoms with van der Waals surface area (Å²) in [6.07, 6.45) is 6.23. The summed E-state index contributed by atoms with van der Waals surface area (Å²) in [5.41, 5.74) is 2.77. The van der Waals surface area contributed by atoms with Gasteiger partial charge in [-0.25, -0.2) is 15.4 Å². The fourth-order valence-corrected chi connectivity index (χ4v) is 2.13. The Labute approximate surface area is 91.9 Å². The van der Waals surface area contributed by atoms with Gasteiger partial charge in [0, 0.05) is 37.4 Å². The number of nitrogens with zero attached hydrogens (tertiary/aromatic N) is 3. The fraction of sp³-hybridized carbons (Fsp3) is 0.333. The maximum absolute atomic E-state index is 5.52. The number of thiazole rings is 1. The van der Waals surface area contributed by atoms with Gasteiger partial charge < -0.3 is 4.57 Å². The summed E-state index contributed by atoms with van der Waals surface area (Å²) in [5.74, 6) is 6.45. The van der Waals surface area contributed by atoms with E-state index < -0.39 is 0 Å². The highest BCUT2D eigenvalue weighted by molar-refractivity contribution is 7.09. The van der Waals surface area contributed by atoms with E-state index in [0.29, 0.717) is 0 Å². The molecule has 0 aliphatic rings. The quantitative estimate of drug-likeness (QED) is 0.589. The normalized spacial score (nSPS) is 12.9. The SMILES string of the molecule is Cn1ccnc1C(Cc1nccs1)NN. The standard InChI is InChI=1S/C9H13N5S/c1-14-4-2-12-9(14)7(13-10)6-8-11-3-5-15-8/h2-5,7,13H,6,10H2,1H3. The van der Waals surface area contributed by atoms with E-state index in [1.807, 2.05) is 23.2 Å². The van der Waals surface area contributed by atoms with Crippen molar-refractivity contribution in [1.82, 2.24) is 20.0 Å². The molecular formula is C9H13N5S. The van der Waals surface area contributed by atoms with E-state index in [2.05, 4.69) is 15.4 Å². The van der Waals surface area contributed by atoms with E-state index in [4.69, 9.17) is 5.84 Å². The van der Waals surface area contributed by atoms with E-state index in [0.717, 1.165) is 17.3 Å². The predicted molar refractivity (Wildman–Crippen MR) is 59.1 cm³/mol. The summed E-state index contributed by atoms with van der Waals surface area (Å²) in [6.45, 7) is 0. The van der Waals surface area contributed by atoms with Crippen molar-refractivity contribution in [2.75, 3.05) is 0 Å². The van der Waals surface area contributed by atoms with E-state index in [1.165, 1.54) is 0 Å². The lowest BCUT2D eigenvalue weighted by Crippen LogP contribution is -2.31. The van der Waals surface area contributed by atoms with Crippen LogP contribution in [0.2, 0.25) is 0 Å². The molecule has 0 aliphatic heterocycles. The predicted octanol–water partition coefficient (Wildman–Crippen LogP) is 0.624. The lowest BCUT2D eigenvalue weighted by Gasteiger charge is -2.13. The van der Waals surface area contributed by atoms with Crippen molar-refractivity contribution < 1.29 is 0 Å². The van der Waals surface area contributed by atoms with Gasteiger partial charge in [0.2, 0.25) is 0 Å². The zero-order valence-corrected chi connectivity index (χ0v) is 9.24. The van der Waals surface area contributed by atoms with Crippen molar-refractivity contribution in [2.24, 2.45) is 12.9 Å². The first-order valence-corrected chi connectivity index (χ1v) is 5.51. The molecule has 2 aromatic heterocycles. The molecule has 0 saturated carbocycles.